The minimum Gasteiger partial charge on any atom is -0.480 e. The summed E-state index contributed by atoms with van der Waals surface area (Å²) in [4.78, 5) is 21.7. The van der Waals surface area contributed by atoms with E-state index in [1.54, 1.807) is 6.92 Å². The summed E-state index contributed by atoms with van der Waals surface area (Å²) in [6, 6.07) is -0.602. The SMILES string of the molecule is C[C@H](NC1CCCNC(=O)C1)C(=O)O. The number of amides is 1. The zero-order valence-electron chi connectivity index (χ0n) is 8.25. The van der Waals surface area contributed by atoms with Crippen molar-refractivity contribution >= 4 is 11.9 Å². The van der Waals surface area contributed by atoms with Crippen LogP contribution in [0.3, 0.4) is 0 Å². The van der Waals surface area contributed by atoms with E-state index in [1.165, 1.54) is 0 Å². The van der Waals surface area contributed by atoms with Crippen LogP contribution in [-0.2, 0) is 9.59 Å². The molecule has 0 saturated carbocycles. The highest BCUT2D eigenvalue weighted by Crippen LogP contribution is 2.06. The van der Waals surface area contributed by atoms with E-state index in [-0.39, 0.29) is 11.9 Å². The number of hydrogen-bond acceptors (Lipinski definition) is 3. The highest BCUT2D eigenvalue weighted by Gasteiger charge is 2.21. The molecule has 0 spiro atoms. The van der Waals surface area contributed by atoms with Gasteiger partial charge in [0.2, 0.25) is 5.91 Å². The first-order valence-corrected chi connectivity index (χ1v) is 4.85. The summed E-state index contributed by atoms with van der Waals surface area (Å²) in [6.07, 6.45) is 2.11. The van der Waals surface area contributed by atoms with Crippen molar-refractivity contribution in [3.63, 3.8) is 0 Å². The van der Waals surface area contributed by atoms with Gasteiger partial charge in [-0.05, 0) is 19.8 Å². The van der Waals surface area contributed by atoms with Gasteiger partial charge >= 0.3 is 5.97 Å². The van der Waals surface area contributed by atoms with E-state index < -0.39 is 12.0 Å². The van der Waals surface area contributed by atoms with Gasteiger partial charge in [-0.2, -0.15) is 0 Å². The maximum Gasteiger partial charge on any atom is 0.320 e. The van der Waals surface area contributed by atoms with E-state index >= 15 is 0 Å². The topological polar surface area (TPSA) is 78.4 Å². The average molecular weight is 200 g/mol. The molecule has 1 heterocycles. The molecule has 0 radical (unpaired) electrons. The van der Waals surface area contributed by atoms with E-state index in [1.807, 2.05) is 0 Å². The molecule has 1 fully saturated rings. The quantitative estimate of drug-likeness (QED) is 0.585. The Kier molecular flexibility index (Phi) is 3.88. The Bertz CT molecular complexity index is 230. The number of carbonyl (C=O) groups is 2. The first kappa shape index (κ1) is 11.0. The fourth-order valence-corrected chi connectivity index (χ4v) is 1.54. The molecular weight excluding hydrogens is 184 g/mol. The van der Waals surface area contributed by atoms with Crippen LogP contribution in [0.2, 0.25) is 0 Å². The number of rotatable bonds is 3. The molecule has 1 saturated heterocycles. The predicted molar refractivity (Wildman–Crippen MR) is 50.9 cm³/mol. The highest BCUT2D eigenvalue weighted by atomic mass is 16.4. The molecule has 1 aliphatic heterocycles. The first-order valence-electron chi connectivity index (χ1n) is 4.85. The third-order valence-electron chi connectivity index (χ3n) is 2.34. The Morgan fingerprint density at radius 1 is 1.71 bits per heavy atom. The average Bonchev–Trinajstić information content (AvgIpc) is 2.29. The van der Waals surface area contributed by atoms with Gasteiger partial charge in [-0.1, -0.05) is 0 Å². The summed E-state index contributed by atoms with van der Waals surface area (Å²) in [5.41, 5.74) is 0. The van der Waals surface area contributed by atoms with Crippen LogP contribution < -0.4 is 10.6 Å². The Balaban J connectivity index is 2.42. The molecule has 0 aromatic carbocycles. The zero-order chi connectivity index (χ0) is 10.6. The summed E-state index contributed by atoms with van der Waals surface area (Å²) in [7, 11) is 0. The van der Waals surface area contributed by atoms with Gasteiger partial charge < -0.3 is 15.7 Å². The molecule has 1 unspecified atom stereocenters. The second-order valence-corrected chi connectivity index (χ2v) is 3.62. The largest absolute Gasteiger partial charge is 0.480 e. The van der Waals surface area contributed by atoms with Crippen LogP contribution in [0.4, 0.5) is 0 Å². The number of carbonyl (C=O) groups excluding carboxylic acids is 1. The van der Waals surface area contributed by atoms with Crippen LogP contribution in [0.5, 0.6) is 0 Å². The molecule has 0 bridgehead atoms. The number of hydrogen-bond donors (Lipinski definition) is 3. The Hall–Kier alpha value is -1.10. The van der Waals surface area contributed by atoms with Crippen molar-refractivity contribution in [3.8, 4) is 0 Å². The van der Waals surface area contributed by atoms with Crippen molar-refractivity contribution in [2.45, 2.75) is 38.3 Å². The van der Waals surface area contributed by atoms with Crippen molar-refractivity contribution in [3.05, 3.63) is 0 Å². The molecule has 14 heavy (non-hydrogen) atoms. The summed E-state index contributed by atoms with van der Waals surface area (Å²) in [5, 5.41) is 14.4. The molecule has 1 amide bonds. The van der Waals surface area contributed by atoms with Gasteiger partial charge in [-0.15, -0.1) is 0 Å². The minimum absolute atomic E-state index is 0.00223. The monoisotopic (exact) mass is 200 g/mol. The Morgan fingerprint density at radius 3 is 3.07 bits per heavy atom. The van der Waals surface area contributed by atoms with E-state index in [9.17, 15) is 9.59 Å². The fourth-order valence-electron chi connectivity index (χ4n) is 1.54. The van der Waals surface area contributed by atoms with Gasteiger partial charge in [-0.25, -0.2) is 0 Å². The second-order valence-electron chi connectivity index (χ2n) is 3.62. The van der Waals surface area contributed by atoms with Gasteiger partial charge in [0, 0.05) is 19.0 Å². The molecule has 1 rings (SSSR count). The number of carboxylic acids is 1. The van der Waals surface area contributed by atoms with Crippen molar-refractivity contribution in [2.75, 3.05) is 6.54 Å². The third-order valence-corrected chi connectivity index (χ3v) is 2.34. The molecule has 1 aliphatic rings. The number of carboxylic acid groups (broad SMARTS) is 1. The lowest BCUT2D eigenvalue weighted by atomic mass is 10.1. The number of aliphatic carboxylic acids is 1. The van der Waals surface area contributed by atoms with Crippen LogP contribution in [0.25, 0.3) is 0 Å². The van der Waals surface area contributed by atoms with Gasteiger partial charge in [0.1, 0.15) is 6.04 Å². The van der Waals surface area contributed by atoms with Crippen molar-refractivity contribution in [1.29, 1.82) is 0 Å². The highest BCUT2D eigenvalue weighted by molar-refractivity contribution is 5.77. The van der Waals surface area contributed by atoms with Gasteiger partial charge in [0.15, 0.2) is 0 Å². The third kappa shape index (κ3) is 3.33. The van der Waals surface area contributed by atoms with Crippen molar-refractivity contribution < 1.29 is 14.7 Å². The molecule has 2 atom stereocenters. The lowest BCUT2D eigenvalue weighted by Crippen LogP contribution is -2.42. The van der Waals surface area contributed by atoms with Crippen LogP contribution in [0, 0.1) is 0 Å². The molecular formula is C9H16N2O3. The number of nitrogens with one attached hydrogen (secondary N) is 2. The van der Waals surface area contributed by atoms with Crippen molar-refractivity contribution in [2.24, 2.45) is 0 Å². The smallest absolute Gasteiger partial charge is 0.320 e. The fraction of sp³-hybridized carbons (Fsp3) is 0.778. The van der Waals surface area contributed by atoms with Crippen LogP contribution in [0.15, 0.2) is 0 Å². The summed E-state index contributed by atoms with van der Waals surface area (Å²) >= 11 is 0. The van der Waals surface area contributed by atoms with E-state index in [0.717, 1.165) is 12.8 Å². The molecule has 5 heteroatoms. The molecule has 80 valence electrons. The van der Waals surface area contributed by atoms with Gasteiger partial charge in [-0.3, -0.25) is 9.59 Å². The molecule has 3 N–H and O–H groups in total. The molecule has 0 aromatic rings. The first-order chi connectivity index (χ1) is 6.59. The minimum atomic E-state index is -0.880. The summed E-state index contributed by atoms with van der Waals surface area (Å²) < 4.78 is 0. The lowest BCUT2D eigenvalue weighted by molar-refractivity contribution is -0.139. The van der Waals surface area contributed by atoms with Crippen LogP contribution in [0.1, 0.15) is 26.2 Å². The van der Waals surface area contributed by atoms with E-state index in [0.29, 0.717) is 13.0 Å². The second kappa shape index (κ2) is 4.95. The Labute approximate surface area is 82.9 Å². The van der Waals surface area contributed by atoms with Gasteiger partial charge in [0.05, 0.1) is 0 Å². The van der Waals surface area contributed by atoms with Crippen molar-refractivity contribution in [1.82, 2.24) is 10.6 Å². The van der Waals surface area contributed by atoms with E-state index in [4.69, 9.17) is 5.11 Å². The van der Waals surface area contributed by atoms with Crippen LogP contribution in [-0.4, -0.2) is 35.6 Å². The standard InChI is InChI=1S/C9H16N2O3/c1-6(9(13)14)11-7-3-2-4-10-8(12)5-7/h6-7,11H,2-5H2,1H3,(H,10,12)(H,13,14)/t6-,7?/m0/s1. The van der Waals surface area contributed by atoms with Crippen LogP contribution >= 0.6 is 0 Å². The summed E-state index contributed by atoms with van der Waals surface area (Å²) in [5.74, 6) is -0.882. The maximum atomic E-state index is 11.1. The molecule has 0 aromatic heterocycles. The van der Waals surface area contributed by atoms with Gasteiger partial charge in [0.25, 0.3) is 0 Å². The Morgan fingerprint density at radius 2 is 2.43 bits per heavy atom. The normalized spacial score (nSPS) is 24.9. The molecule has 0 aliphatic carbocycles. The molecule has 5 nitrogen and oxygen atoms in total. The maximum absolute atomic E-state index is 11.1. The predicted octanol–water partition coefficient (Wildman–Crippen LogP) is -0.282. The van der Waals surface area contributed by atoms with E-state index in [2.05, 4.69) is 10.6 Å². The zero-order valence-corrected chi connectivity index (χ0v) is 8.25. The lowest BCUT2D eigenvalue weighted by Gasteiger charge is -2.17. The summed E-state index contributed by atoms with van der Waals surface area (Å²) in [6.45, 7) is 2.28.